The van der Waals surface area contributed by atoms with Crippen molar-refractivity contribution in [1.29, 1.82) is 0 Å². The molecule has 0 aliphatic carbocycles. The van der Waals surface area contributed by atoms with Gasteiger partial charge in [-0.15, -0.1) is 0 Å². The predicted molar refractivity (Wildman–Crippen MR) is 92.7 cm³/mol. The van der Waals surface area contributed by atoms with Crippen LogP contribution in [0.5, 0.6) is 11.5 Å². The molecule has 8 heteroatoms. The average Bonchev–Trinajstić information content (AvgIpc) is 3.13. The van der Waals surface area contributed by atoms with E-state index in [1.54, 1.807) is 12.1 Å². The monoisotopic (exact) mass is 411 g/mol. The first kappa shape index (κ1) is 18.9. The molecule has 2 aromatic rings. The van der Waals surface area contributed by atoms with E-state index in [0.29, 0.717) is 21.7 Å². The van der Waals surface area contributed by atoms with Gasteiger partial charge in [0.1, 0.15) is 21.7 Å². The maximum atomic E-state index is 12.3. The smallest absolute Gasteiger partial charge is 0.339 e. The zero-order valence-electron chi connectivity index (χ0n) is 14.0. The standard InChI is InChI=1S/C17H18BrNO6/c1-10(16(20)19-9-12-5-4-6-24-12)25-17(21)11-7-13(22-2)15(18)14(8-11)23-3/h4-8,10H,9H2,1-3H3,(H,19,20)/t10-/m1/s1. The molecule has 1 heterocycles. The SMILES string of the molecule is COc1cc(C(=O)O[C@H](C)C(=O)NCc2ccco2)cc(OC)c1Br. The van der Waals surface area contributed by atoms with Crippen molar-refractivity contribution in [1.82, 2.24) is 5.32 Å². The molecule has 1 aromatic carbocycles. The molecule has 0 aliphatic heterocycles. The van der Waals surface area contributed by atoms with Gasteiger partial charge in [-0.3, -0.25) is 4.79 Å². The zero-order valence-corrected chi connectivity index (χ0v) is 15.6. The number of carbonyl (C=O) groups excluding carboxylic acids is 2. The molecule has 134 valence electrons. The largest absolute Gasteiger partial charge is 0.495 e. The Morgan fingerprint density at radius 1 is 1.24 bits per heavy atom. The van der Waals surface area contributed by atoms with Crippen molar-refractivity contribution in [3.63, 3.8) is 0 Å². The summed E-state index contributed by atoms with van der Waals surface area (Å²) in [5, 5.41) is 2.63. The van der Waals surface area contributed by atoms with Gasteiger partial charge in [0.15, 0.2) is 6.10 Å². The minimum Gasteiger partial charge on any atom is -0.495 e. The van der Waals surface area contributed by atoms with Gasteiger partial charge in [0.25, 0.3) is 5.91 Å². The Kier molecular flexibility index (Phi) is 6.46. The minimum atomic E-state index is -0.969. The van der Waals surface area contributed by atoms with E-state index in [4.69, 9.17) is 18.6 Å². The molecule has 0 radical (unpaired) electrons. The van der Waals surface area contributed by atoms with Gasteiger partial charge < -0.3 is 23.9 Å². The molecule has 25 heavy (non-hydrogen) atoms. The van der Waals surface area contributed by atoms with E-state index in [1.807, 2.05) is 0 Å². The van der Waals surface area contributed by atoms with Crippen molar-refractivity contribution in [2.75, 3.05) is 14.2 Å². The fourth-order valence-corrected chi connectivity index (χ4v) is 2.55. The molecule has 1 amide bonds. The second-order valence-corrected chi connectivity index (χ2v) is 5.83. The van der Waals surface area contributed by atoms with Crippen LogP contribution >= 0.6 is 15.9 Å². The lowest BCUT2D eigenvalue weighted by molar-refractivity contribution is -0.129. The highest BCUT2D eigenvalue weighted by Gasteiger charge is 2.21. The Bertz CT molecular complexity index is 719. The van der Waals surface area contributed by atoms with Crippen LogP contribution in [0.2, 0.25) is 0 Å². The molecule has 0 unspecified atom stereocenters. The lowest BCUT2D eigenvalue weighted by Crippen LogP contribution is -2.35. The number of ether oxygens (including phenoxy) is 3. The third-order valence-electron chi connectivity index (χ3n) is 3.35. The van der Waals surface area contributed by atoms with E-state index >= 15 is 0 Å². The maximum absolute atomic E-state index is 12.3. The molecule has 0 spiro atoms. The average molecular weight is 412 g/mol. The van der Waals surface area contributed by atoms with Crippen LogP contribution in [0.25, 0.3) is 0 Å². The van der Waals surface area contributed by atoms with Crippen LogP contribution in [-0.2, 0) is 16.1 Å². The van der Waals surface area contributed by atoms with Crippen molar-refractivity contribution >= 4 is 27.8 Å². The maximum Gasteiger partial charge on any atom is 0.339 e. The first-order valence-electron chi connectivity index (χ1n) is 7.38. The molecule has 7 nitrogen and oxygen atoms in total. The van der Waals surface area contributed by atoms with Crippen molar-refractivity contribution < 1.29 is 28.2 Å². The summed E-state index contributed by atoms with van der Waals surface area (Å²) in [7, 11) is 2.94. The quantitative estimate of drug-likeness (QED) is 0.704. The number of nitrogens with one attached hydrogen (secondary N) is 1. The Labute approximate surface area is 153 Å². The fourth-order valence-electron chi connectivity index (χ4n) is 2.00. The fraction of sp³-hybridized carbons (Fsp3) is 0.294. The molecule has 1 aromatic heterocycles. The number of rotatable bonds is 7. The van der Waals surface area contributed by atoms with Gasteiger partial charge in [-0.05, 0) is 47.1 Å². The third kappa shape index (κ3) is 4.76. The predicted octanol–water partition coefficient (Wildman–Crippen LogP) is 2.92. The highest BCUT2D eigenvalue weighted by Crippen LogP contribution is 2.35. The minimum absolute atomic E-state index is 0.211. The topological polar surface area (TPSA) is 87.0 Å². The number of furan rings is 1. The normalized spacial score (nSPS) is 11.5. The summed E-state index contributed by atoms with van der Waals surface area (Å²) >= 11 is 3.32. The van der Waals surface area contributed by atoms with E-state index in [1.165, 1.54) is 39.5 Å². The molecular formula is C17H18BrNO6. The van der Waals surface area contributed by atoms with Gasteiger partial charge >= 0.3 is 5.97 Å². The summed E-state index contributed by atoms with van der Waals surface area (Å²) in [5.74, 6) is 0.349. The van der Waals surface area contributed by atoms with Gasteiger partial charge in [-0.2, -0.15) is 0 Å². The molecule has 1 atom stereocenters. The number of halogens is 1. The summed E-state index contributed by atoms with van der Waals surface area (Å²) in [5.41, 5.74) is 0.211. The summed E-state index contributed by atoms with van der Waals surface area (Å²) in [4.78, 5) is 24.3. The summed E-state index contributed by atoms with van der Waals surface area (Å²) < 4.78 is 21.3. The number of carbonyl (C=O) groups is 2. The Morgan fingerprint density at radius 3 is 2.40 bits per heavy atom. The molecule has 1 N–H and O–H groups in total. The molecule has 0 fully saturated rings. The van der Waals surface area contributed by atoms with E-state index in [0.717, 1.165) is 0 Å². The zero-order chi connectivity index (χ0) is 18.4. The number of hydrogen-bond acceptors (Lipinski definition) is 6. The van der Waals surface area contributed by atoms with Gasteiger partial charge in [0.2, 0.25) is 0 Å². The van der Waals surface area contributed by atoms with E-state index in [-0.39, 0.29) is 12.1 Å². The molecule has 0 aliphatic rings. The molecule has 2 rings (SSSR count). The highest BCUT2D eigenvalue weighted by molar-refractivity contribution is 9.10. The Hall–Kier alpha value is -2.48. The van der Waals surface area contributed by atoms with Gasteiger partial charge in [0.05, 0.1) is 32.6 Å². The summed E-state index contributed by atoms with van der Waals surface area (Å²) in [6.45, 7) is 1.70. The Morgan fingerprint density at radius 2 is 1.88 bits per heavy atom. The highest BCUT2D eigenvalue weighted by atomic mass is 79.9. The van der Waals surface area contributed by atoms with Crippen LogP contribution in [0.1, 0.15) is 23.0 Å². The van der Waals surface area contributed by atoms with Crippen molar-refractivity contribution in [2.45, 2.75) is 19.6 Å². The number of esters is 1. The lowest BCUT2D eigenvalue weighted by atomic mass is 10.2. The third-order valence-corrected chi connectivity index (χ3v) is 4.13. The van der Waals surface area contributed by atoms with Gasteiger partial charge in [-0.25, -0.2) is 4.79 Å². The van der Waals surface area contributed by atoms with Crippen LogP contribution in [0.15, 0.2) is 39.4 Å². The number of hydrogen-bond donors (Lipinski definition) is 1. The Balaban J connectivity index is 2.01. The summed E-state index contributed by atoms with van der Waals surface area (Å²) in [6, 6.07) is 6.46. The number of methoxy groups -OCH3 is 2. The number of amides is 1. The first-order chi connectivity index (χ1) is 12.0. The van der Waals surface area contributed by atoms with Crippen LogP contribution in [0.3, 0.4) is 0 Å². The summed E-state index contributed by atoms with van der Waals surface area (Å²) in [6.07, 6.45) is 0.544. The van der Waals surface area contributed by atoms with Crippen LogP contribution < -0.4 is 14.8 Å². The molecular weight excluding hydrogens is 394 g/mol. The van der Waals surface area contributed by atoms with Crippen molar-refractivity contribution in [3.05, 3.63) is 46.3 Å². The second-order valence-electron chi connectivity index (χ2n) is 5.04. The van der Waals surface area contributed by atoms with Crippen LogP contribution in [0, 0.1) is 0 Å². The van der Waals surface area contributed by atoms with Crippen LogP contribution in [0.4, 0.5) is 0 Å². The first-order valence-corrected chi connectivity index (χ1v) is 8.18. The molecule has 0 saturated carbocycles. The van der Waals surface area contributed by atoms with Gasteiger partial charge in [0, 0.05) is 0 Å². The van der Waals surface area contributed by atoms with E-state index in [9.17, 15) is 9.59 Å². The lowest BCUT2D eigenvalue weighted by Gasteiger charge is -2.15. The van der Waals surface area contributed by atoms with E-state index < -0.39 is 18.0 Å². The van der Waals surface area contributed by atoms with Crippen molar-refractivity contribution in [3.8, 4) is 11.5 Å². The van der Waals surface area contributed by atoms with E-state index in [2.05, 4.69) is 21.2 Å². The molecule has 0 bridgehead atoms. The second kappa shape index (κ2) is 8.57. The number of benzene rings is 1. The van der Waals surface area contributed by atoms with Crippen LogP contribution in [-0.4, -0.2) is 32.2 Å². The van der Waals surface area contributed by atoms with Gasteiger partial charge in [-0.1, -0.05) is 0 Å². The van der Waals surface area contributed by atoms with Crippen molar-refractivity contribution in [2.24, 2.45) is 0 Å². The molecule has 0 saturated heterocycles.